The van der Waals surface area contributed by atoms with Crippen molar-refractivity contribution in [2.75, 3.05) is 6.61 Å². The lowest BCUT2D eigenvalue weighted by atomic mass is 9.97. The highest BCUT2D eigenvalue weighted by Crippen LogP contribution is 2.24. The van der Waals surface area contributed by atoms with Crippen molar-refractivity contribution in [3.63, 3.8) is 0 Å². The number of aliphatic hydroxyl groups is 1. The second-order valence-electron chi connectivity index (χ2n) is 4.24. The van der Waals surface area contributed by atoms with Crippen molar-refractivity contribution >= 4 is 11.3 Å². The molecule has 1 unspecified atom stereocenters. The maximum Gasteiger partial charge on any atom is 0.0937 e. The third-order valence-electron chi connectivity index (χ3n) is 2.99. The van der Waals surface area contributed by atoms with Gasteiger partial charge in [-0.25, -0.2) is 4.98 Å². The highest BCUT2D eigenvalue weighted by molar-refractivity contribution is 7.11. The number of nitrogens with zero attached hydrogens (tertiary/aromatic N) is 1. The van der Waals surface area contributed by atoms with Crippen molar-refractivity contribution in [3.05, 3.63) is 51.5 Å². The molecule has 0 aliphatic heterocycles. The molecule has 2 aromatic rings. The first-order valence-electron chi connectivity index (χ1n) is 5.79. The Labute approximate surface area is 106 Å². The minimum absolute atomic E-state index is 0.154. The number of benzene rings is 1. The average Bonchev–Trinajstić information content (AvgIpc) is 2.67. The second kappa shape index (κ2) is 5.43. The van der Waals surface area contributed by atoms with Gasteiger partial charge < -0.3 is 5.11 Å². The van der Waals surface area contributed by atoms with E-state index in [4.69, 9.17) is 0 Å². The topological polar surface area (TPSA) is 33.1 Å². The maximum absolute atomic E-state index is 9.49. The fourth-order valence-electron chi connectivity index (χ4n) is 1.85. The predicted octanol–water partition coefficient (Wildman–Crippen LogP) is 3.08. The minimum atomic E-state index is 0.154. The lowest BCUT2D eigenvalue weighted by molar-refractivity contribution is 0.264. The number of thiazole rings is 1. The SMILES string of the molecule is Cc1nc(CC(CO)c2ccccc2)sc1C. The molecule has 0 saturated carbocycles. The summed E-state index contributed by atoms with van der Waals surface area (Å²) in [6, 6.07) is 10.1. The Morgan fingerprint density at radius 1 is 1.24 bits per heavy atom. The molecule has 0 bridgehead atoms. The first-order chi connectivity index (χ1) is 8.20. The summed E-state index contributed by atoms with van der Waals surface area (Å²) in [6.07, 6.45) is 0.819. The summed E-state index contributed by atoms with van der Waals surface area (Å²) < 4.78 is 0. The van der Waals surface area contributed by atoms with Gasteiger partial charge in [0.15, 0.2) is 0 Å². The van der Waals surface area contributed by atoms with Gasteiger partial charge in [0.1, 0.15) is 0 Å². The first-order valence-corrected chi connectivity index (χ1v) is 6.61. The standard InChI is InChI=1S/C14H17NOS/c1-10-11(2)17-14(15-10)8-13(9-16)12-6-4-3-5-7-12/h3-7,13,16H,8-9H2,1-2H3. The molecule has 2 rings (SSSR count). The summed E-state index contributed by atoms with van der Waals surface area (Å²) >= 11 is 1.73. The molecule has 0 aliphatic rings. The van der Waals surface area contributed by atoms with Crippen LogP contribution in [0.25, 0.3) is 0 Å². The Morgan fingerprint density at radius 2 is 1.94 bits per heavy atom. The van der Waals surface area contributed by atoms with E-state index in [1.54, 1.807) is 11.3 Å². The largest absolute Gasteiger partial charge is 0.396 e. The van der Waals surface area contributed by atoms with Gasteiger partial charge in [-0.3, -0.25) is 0 Å². The van der Waals surface area contributed by atoms with Gasteiger partial charge in [-0.2, -0.15) is 0 Å². The molecule has 1 aromatic carbocycles. The molecule has 0 fully saturated rings. The van der Waals surface area contributed by atoms with Gasteiger partial charge in [0.2, 0.25) is 0 Å². The van der Waals surface area contributed by atoms with Crippen LogP contribution in [0.2, 0.25) is 0 Å². The van der Waals surface area contributed by atoms with Crippen LogP contribution in [0.3, 0.4) is 0 Å². The molecule has 0 aliphatic carbocycles. The van der Waals surface area contributed by atoms with Crippen molar-refractivity contribution < 1.29 is 5.11 Å². The van der Waals surface area contributed by atoms with Crippen LogP contribution < -0.4 is 0 Å². The van der Waals surface area contributed by atoms with Gasteiger partial charge in [0, 0.05) is 17.2 Å². The molecule has 0 saturated heterocycles. The number of rotatable bonds is 4. The van der Waals surface area contributed by atoms with E-state index >= 15 is 0 Å². The lowest BCUT2D eigenvalue weighted by Gasteiger charge is -2.12. The zero-order valence-electron chi connectivity index (χ0n) is 10.2. The van der Waals surface area contributed by atoms with Gasteiger partial charge >= 0.3 is 0 Å². The third kappa shape index (κ3) is 2.93. The lowest BCUT2D eigenvalue weighted by Crippen LogP contribution is -2.07. The van der Waals surface area contributed by atoms with Crippen molar-refractivity contribution in [2.45, 2.75) is 26.2 Å². The number of hydrogen-bond acceptors (Lipinski definition) is 3. The van der Waals surface area contributed by atoms with E-state index in [1.807, 2.05) is 25.1 Å². The first kappa shape index (κ1) is 12.3. The van der Waals surface area contributed by atoms with E-state index in [-0.39, 0.29) is 12.5 Å². The van der Waals surface area contributed by atoms with Crippen LogP contribution in [0, 0.1) is 13.8 Å². The molecule has 0 amide bonds. The molecular weight excluding hydrogens is 230 g/mol. The van der Waals surface area contributed by atoms with Crippen molar-refractivity contribution in [2.24, 2.45) is 0 Å². The van der Waals surface area contributed by atoms with Gasteiger partial charge in [0.05, 0.1) is 17.3 Å². The number of hydrogen-bond donors (Lipinski definition) is 1. The molecule has 1 aromatic heterocycles. The molecular formula is C14H17NOS. The quantitative estimate of drug-likeness (QED) is 0.900. The Hall–Kier alpha value is -1.19. The fourth-order valence-corrected chi connectivity index (χ4v) is 2.86. The molecule has 3 heteroatoms. The predicted molar refractivity (Wildman–Crippen MR) is 71.6 cm³/mol. The molecule has 2 nitrogen and oxygen atoms in total. The summed E-state index contributed by atoms with van der Waals surface area (Å²) in [4.78, 5) is 5.80. The van der Waals surface area contributed by atoms with Gasteiger partial charge in [-0.05, 0) is 19.4 Å². The molecule has 0 radical (unpaired) electrons. The Kier molecular flexibility index (Phi) is 3.92. The summed E-state index contributed by atoms with van der Waals surface area (Å²) in [7, 11) is 0. The van der Waals surface area contributed by atoms with Crippen LogP contribution in [0.4, 0.5) is 0 Å². The minimum Gasteiger partial charge on any atom is -0.396 e. The normalized spacial score (nSPS) is 12.6. The van der Waals surface area contributed by atoms with Crippen molar-refractivity contribution in [1.29, 1.82) is 0 Å². The molecule has 17 heavy (non-hydrogen) atoms. The van der Waals surface area contributed by atoms with Gasteiger partial charge in [-0.1, -0.05) is 30.3 Å². The van der Waals surface area contributed by atoms with Crippen LogP contribution in [0.5, 0.6) is 0 Å². The Morgan fingerprint density at radius 3 is 2.47 bits per heavy atom. The molecule has 90 valence electrons. The monoisotopic (exact) mass is 247 g/mol. The van der Waals surface area contributed by atoms with E-state index in [2.05, 4.69) is 24.0 Å². The average molecular weight is 247 g/mol. The van der Waals surface area contributed by atoms with E-state index in [0.29, 0.717) is 0 Å². The zero-order valence-corrected chi connectivity index (χ0v) is 11.0. The van der Waals surface area contributed by atoms with Crippen LogP contribution in [-0.2, 0) is 6.42 Å². The highest BCUT2D eigenvalue weighted by Gasteiger charge is 2.14. The van der Waals surface area contributed by atoms with E-state index < -0.39 is 0 Å². The van der Waals surface area contributed by atoms with Crippen molar-refractivity contribution in [1.82, 2.24) is 4.98 Å². The molecule has 0 spiro atoms. The smallest absolute Gasteiger partial charge is 0.0937 e. The summed E-state index contributed by atoms with van der Waals surface area (Å²) in [5, 5.41) is 10.6. The highest BCUT2D eigenvalue weighted by atomic mass is 32.1. The Bertz CT molecular complexity index is 459. The van der Waals surface area contributed by atoms with E-state index in [0.717, 1.165) is 17.1 Å². The van der Waals surface area contributed by atoms with Crippen LogP contribution >= 0.6 is 11.3 Å². The van der Waals surface area contributed by atoms with Crippen LogP contribution in [0.1, 0.15) is 27.1 Å². The summed E-state index contributed by atoms with van der Waals surface area (Å²) in [5.41, 5.74) is 2.29. The van der Waals surface area contributed by atoms with Crippen LogP contribution in [-0.4, -0.2) is 16.7 Å². The van der Waals surface area contributed by atoms with Crippen LogP contribution in [0.15, 0.2) is 30.3 Å². The van der Waals surface area contributed by atoms with Gasteiger partial charge in [0.25, 0.3) is 0 Å². The fraction of sp³-hybridized carbons (Fsp3) is 0.357. The molecule has 1 atom stereocenters. The Balaban J connectivity index is 2.15. The summed E-state index contributed by atoms with van der Waals surface area (Å²) in [6.45, 7) is 4.29. The van der Waals surface area contributed by atoms with E-state index in [9.17, 15) is 5.11 Å². The van der Waals surface area contributed by atoms with Gasteiger partial charge in [-0.15, -0.1) is 11.3 Å². The number of aliphatic hydroxyl groups excluding tert-OH is 1. The van der Waals surface area contributed by atoms with E-state index in [1.165, 1.54) is 10.4 Å². The summed E-state index contributed by atoms with van der Waals surface area (Å²) in [5.74, 6) is 0.154. The number of aryl methyl sites for hydroxylation is 2. The molecule has 1 N–H and O–H groups in total. The number of aromatic nitrogens is 1. The van der Waals surface area contributed by atoms with Crippen molar-refractivity contribution in [3.8, 4) is 0 Å². The molecule has 1 heterocycles. The maximum atomic E-state index is 9.49. The zero-order chi connectivity index (χ0) is 12.3. The second-order valence-corrected chi connectivity index (χ2v) is 5.53. The third-order valence-corrected chi connectivity index (χ3v) is 4.08.